The van der Waals surface area contributed by atoms with E-state index in [2.05, 4.69) is 40.7 Å². The molecular weight excluding hydrogens is 326 g/mol. The first-order chi connectivity index (χ1) is 12.4. The van der Waals surface area contributed by atoms with Gasteiger partial charge in [-0.3, -0.25) is 0 Å². The summed E-state index contributed by atoms with van der Waals surface area (Å²) in [4.78, 5) is 1.37. The van der Waals surface area contributed by atoms with Gasteiger partial charge in [0.25, 0.3) is 0 Å². The third-order valence-corrected chi connectivity index (χ3v) is 4.92. The van der Waals surface area contributed by atoms with Gasteiger partial charge in [-0.1, -0.05) is 62.4 Å². The molecule has 128 valence electrons. The molecule has 3 aromatic rings. The normalized spacial score (nSPS) is 12.9. The predicted octanol–water partition coefficient (Wildman–Crippen LogP) is 6.53. The number of hydrogen-bond acceptors (Lipinski definition) is 3. The van der Waals surface area contributed by atoms with E-state index in [1.54, 1.807) is 0 Å². The minimum absolute atomic E-state index is 0.866. The van der Waals surface area contributed by atoms with Gasteiger partial charge in [0.1, 0.15) is 11.5 Å². The van der Waals surface area contributed by atoms with E-state index in [9.17, 15) is 0 Å². The van der Waals surface area contributed by atoms with Crippen LogP contribution in [0, 0.1) is 0 Å². The van der Waals surface area contributed by atoms with Gasteiger partial charge in [-0.25, -0.2) is 4.31 Å². The van der Waals surface area contributed by atoms with E-state index < -0.39 is 0 Å². The molecule has 0 atom stereocenters. The Bertz CT molecular complexity index is 762. The summed E-state index contributed by atoms with van der Waals surface area (Å²) in [6, 6.07) is 26.8. The Hall–Kier alpha value is -2.23. The van der Waals surface area contributed by atoms with Gasteiger partial charge < -0.3 is 4.74 Å². The van der Waals surface area contributed by atoms with Crippen LogP contribution >= 0.6 is 11.9 Å². The van der Waals surface area contributed by atoms with Crippen molar-refractivity contribution in [3.05, 3.63) is 90.0 Å². The summed E-state index contributed by atoms with van der Waals surface area (Å²) in [7, 11) is 0. The number of hydrogen-bond donors (Lipinski definition) is 0. The summed E-state index contributed by atoms with van der Waals surface area (Å²) < 4.78 is 8.22. The van der Waals surface area contributed by atoms with Crippen LogP contribution in [-0.2, 0) is 13.1 Å². The summed E-state index contributed by atoms with van der Waals surface area (Å²) in [6.45, 7) is 5.94. The highest BCUT2D eigenvalue weighted by atomic mass is 32.2. The highest BCUT2D eigenvalue weighted by Crippen LogP contribution is 2.36. The Balaban J connectivity index is 0.000000880. The molecule has 0 radical (unpaired) electrons. The van der Waals surface area contributed by atoms with Crippen molar-refractivity contribution < 1.29 is 4.74 Å². The maximum Gasteiger partial charge on any atom is 0.127 e. The second-order valence-electron chi connectivity index (χ2n) is 5.56. The molecule has 0 bridgehead atoms. The number of ether oxygens (including phenoxy) is 1. The fourth-order valence-electron chi connectivity index (χ4n) is 2.66. The van der Waals surface area contributed by atoms with E-state index in [1.807, 2.05) is 68.3 Å². The molecule has 0 fully saturated rings. The lowest BCUT2D eigenvalue weighted by molar-refractivity contribution is 0.470. The van der Waals surface area contributed by atoms with Gasteiger partial charge in [-0.2, -0.15) is 0 Å². The lowest BCUT2D eigenvalue weighted by atomic mass is 10.2. The van der Waals surface area contributed by atoms with Gasteiger partial charge in [0.05, 0.1) is 0 Å². The largest absolute Gasteiger partial charge is 0.457 e. The zero-order chi connectivity index (χ0) is 17.5. The Morgan fingerprint density at radius 1 is 0.800 bits per heavy atom. The predicted molar refractivity (Wildman–Crippen MR) is 106 cm³/mol. The zero-order valence-corrected chi connectivity index (χ0v) is 15.5. The van der Waals surface area contributed by atoms with E-state index in [0.29, 0.717) is 0 Å². The van der Waals surface area contributed by atoms with Gasteiger partial charge in [-0.15, -0.1) is 0 Å². The van der Waals surface area contributed by atoms with Gasteiger partial charge in [-0.05, 0) is 53.4 Å². The van der Waals surface area contributed by atoms with E-state index in [4.69, 9.17) is 4.74 Å². The van der Waals surface area contributed by atoms with E-state index in [-0.39, 0.29) is 0 Å². The second-order valence-corrected chi connectivity index (χ2v) is 6.69. The minimum Gasteiger partial charge on any atom is -0.457 e. The maximum absolute atomic E-state index is 5.84. The quantitative estimate of drug-likeness (QED) is 0.497. The van der Waals surface area contributed by atoms with Crippen molar-refractivity contribution >= 4 is 11.9 Å². The van der Waals surface area contributed by atoms with Crippen LogP contribution in [0.25, 0.3) is 0 Å². The lowest BCUT2D eigenvalue weighted by Gasteiger charge is -2.13. The molecule has 1 aliphatic heterocycles. The maximum atomic E-state index is 5.84. The standard InChI is InChI=1S/C20H17NOS.C2H6/c1-2-7-18(8-3-1)22-19-12-10-16(11-13-19)14-21-15-17-6-4-5-9-20(17)23-21;1-2/h1-13H,14-15H2;1-2H3. The molecule has 1 heterocycles. The fourth-order valence-corrected chi connectivity index (χ4v) is 3.75. The molecule has 0 N–H and O–H groups in total. The summed E-state index contributed by atoms with van der Waals surface area (Å²) in [5, 5.41) is 0. The molecule has 4 rings (SSSR count). The monoisotopic (exact) mass is 349 g/mol. The van der Waals surface area contributed by atoms with Gasteiger partial charge in [0.2, 0.25) is 0 Å². The van der Waals surface area contributed by atoms with E-state index in [1.165, 1.54) is 16.0 Å². The zero-order valence-electron chi connectivity index (χ0n) is 14.7. The van der Waals surface area contributed by atoms with Crippen LogP contribution in [0.5, 0.6) is 11.5 Å². The van der Waals surface area contributed by atoms with Crippen molar-refractivity contribution in [2.75, 3.05) is 0 Å². The highest BCUT2D eigenvalue weighted by molar-refractivity contribution is 7.97. The first kappa shape index (κ1) is 17.6. The molecule has 0 aromatic heterocycles. The number of fused-ring (bicyclic) bond motifs is 1. The summed E-state index contributed by atoms with van der Waals surface area (Å²) in [6.07, 6.45) is 0. The summed E-state index contributed by atoms with van der Waals surface area (Å²) >= 11 is 1.84. The number of para-hydroxylation sites is 1. The van der Waals surface area contributed by atoms with Crippen LogP contribution in [0.1, 0.15) is 25.0 Å². The molecule has 0 amide bonds. The summed E-state index contributed by atoms with van der Waals surface area (Å²) in [5.41, 5.74) is 2.72. The number of nitrogens with zero attached hydrogens (tertiary/aromatic N) is 1. The average molecular weight is 349 g/mol. The van der Waals surface area contributed by atoms with E-state index >= 15 is 0 Å². The van der Waals surface area contributed by atoms with Crippen molar-refractivity contribution in [2.45, 2.75) is 31.8 Å². The average Bonchev–Trinajstić information content (AvgIpc) is 3.08. The van der Waals surface area contributed by atoms with Crippen molar-refractivity contribution in [2.24, 2.45) is 0 Å². The molecule has 2 nitrogen and oxygen atoms in total. The van der Waals surface area contributed by atoms with E-state index in [0.717, 1.165) is 24.6 Å². The molecular formula is C22H23NOS. The smallest absolute Gasteiger partial charge is 0.127 e. The SMILES string of the molecule is CC.c1ccc(Oc2ccc(CN3Cc4ccccc4S3)cc2)cc1. The molecule has 0 spiro atoms. The van der Waals surface area contributed by atoms with Gasteiger partial charge >= 0.3 is 0 Å². The Kier molecular flexibility index (Phi) is 6.15. The minimum atomic E-state index is 0.866. The topological polar surface area (TPSA) is 12.5 Å². The fraction of sp³-hybridized carbons (Fsp3) is 0.182. The van der Waals surface area contributed by atoms with Crippen LogP contribution < -0.4 is 4.74 Å². The molecule has 0 unspecified atom stereocenters. The van der Waals surface area contributed by atoms with Crippen LogP contribution in [-0.4, -0.2) is 4.31 Å². The number of rotatable bonds is 4. The van der Waals surface area contributed by atoms with Crippen molar-refractivity contribution in [1.29, 1.82) is 0 Å². The molecule has 3 aromatic carbocycles. The Morgan fingerprint density at radius 3 is 2.16 bits per heavy atom. The first-order valence-corrected chi connectivity index (χ1v) is 9.47. The third-order valence-electron chi connectivity index (χ3n) is 3.81. The van der Waals surface area contributed by atoms with Crippen LogP contribution in [0.4, 0.5) is 0 Å². The van der Waals surface area contributed by atoms with Crippen LogP contribution in [0.15, 0.2) is 83.8 Å². The van der Waals surface area contributed by atoms with Crippen LogP contribution in [0.3, 0.4) is 0 Å². The van der Waals surface area contributed by atoms with Gasteiger partial charge in [0, 0.05) is 18.0 Å². The van der Waals surface area contributed by atoms with Crippen molar-refractivity contribution in [3.63, 3.8) is 0 Å². The molecule has 0 saturated carbocycles. The number of benzene rings is 3. The highest BCUT2D eigenvalue weighted by Gasteiger charge is 2.19. The summed E-state index contributed by atoms with van der Waals surface area (Å²) in [5.74, 6) is 1.74. The Labute approximate surface area is 154 Å². The Morgan fingerprint density at radius 2 is 1.44 bits per heavy atom. The van der Waals surface area contributed by atoms with Gasteiger partial charge in [0.15, 0.2) is 0 Å². The molecule has 3 heteroatoms. The molecule has 1 aliphatic rings. The first-order valence-electron chi connectivity index (χ1n) is 8.69. The molecule has 25 heavy (non-hydrogen) atoms. The van der Waals surface area contributed by atoms with Crippen LogP contribution in [0.2, 0.25) is 0 Å². The molecule has 0 saturated heterocycles. The third kappa shape index (κ3) is 4.65. The molecule has 0 aliphatic carbocycles. The van der Waals surface area contributed by atoms with Crippen molar-refractivity contribution in [3.8, 4) is 11.5 Å². The second kappa shape index (κ2) is 8.75. The van der Waals surface area contributed by atoms with Crippen molar-refractivity contribution in [1.82, 2.24) is 4.31 Å². The lowest BCUT2D eigenvalue weighted by Crippen LogP contribution is -2.09.